The number of urea groups is 1. The summed E-state index contributed by atoms with van der Waals surface area (Å²) in [4.78, 5) is 26.5. The molecule has 0 saturated carbocycles. The topological polar surface area (TPSA) is 69.6 Å². The number of hydrogen-bond donors (Lipinski definition) is 2. The van der Waals surface area contributed by atoms with E-state index in [1.54, 1.807) is 0 Å². The van der Waals surface area contributed by atoms with E-state index in [4.69, 9.17) is 0 Å². The average molecular weight is 513 g/mol. The van der Waals surface area contributed by atoms with Gasteiger partial charge >= 0.3 is 12.0 Å². The molecule has 0 aromatic heterocycles. The molecule has 36 heavy (non-hydrogen) atoms. The van der Waals surface area contributed by atoms with Crippen molar-refractivity contribution in [1.82, 2.24) is 4.90 Å². The highest BCUT2D eigenvalue weighted by molar-refractivity contribution is 8.00. The molecule has 0 aliphatic carbocycles. The molecule has 1 unspecified atom stereocenters. The van der Waals surface area contributed by atoms with Crippen molar-refractivity contribution < 1.29 is 14.7 Å². The van der Waals surface area contributed by atoms with E-state index in [0.717, 1.165) is 48.4 Å². The van der Waals surface area contributed by atoms with Crippen LogP contribution in [0.3, 0.4) is 0 Å². The van der Waals surface area contributed by atoms with E-state index in [1.165, 1.54) is 36.6 Å². The fraction of sp³-hybridized carbons (Fsp3) is 0.533. The minimum Gasteiger partial charge on any atom is -0.480 e. The molecule has 2 N–H and O–H groups in total. The minimum absolute atomic E-state index is 0.0553. The zero-order valence-corrected chi connectivity index (χ0v) is 23.3. The van der Waals surface area contributed by atoms with Crippen molar-refractivity contribution in [3.05, 3.63) is 65.2 Å². The number of nitrogens with one attached hydrogen (secondary N) is 1. The third-order valence-corrected chi connectivity index (χ3v) is 7.51. The molecule has 0 spiro atoms. The largest absolute Gasteiger partial charge is 0.480 e. The number of carboxylic acid groups (broad SMARTS) is 1. The van der Waals surface area contributed by atoms with E-state index < -0.39 is 11.2 Å². The number of unbranched alkanes of at least 4 members (excludes halogenated alkanes) is 4. The number of amides is 2. The van der Waals surface area contributed by atoms with Crippen LogP contribution in [0.5, 0.6) is 0 Å². The first-order valence-corrected chi connectivity index (χ1v) is 14.5. The molecule has 2 aromatic rings. The summed E-state index contributed by atoms with van der Waals surface area (Å²) in [7, 11) is 0. The highest BCUT2D eigenvalue weighted by Crippen LogP contribution is 2.19. The number of rotatable bonds is 16. The number of anilines is 1. The Kier molecular flexibility index (Phi) is 13.5. The van der Waals surface area contributed by atoms with Crippen LogP contribution in [0, 0.1) is 0 Å². The van der Waals surface area contributed by atoms with Gasteiger partial charge in [-0.05, 0) is 59.8 Å². The van der Waals surface area contributed by atoms with E-state index in [0.29, 0.717) is 18.9 Å². The number of thioether (sulfide) groups is 1. The zero-order chi connectivity index (χ0) is 26.3. The summed E-state index contributed by atoms with van der Waals surface area (Å²) in [6.07, 6.45) is 7.08. The van der Waals surface area contributed by atoms with Crippen molar-refractivity contribution in [2.75, 3.05) is 24.2 Å². The van der Waals surface area contributed by atoms with Gasteiger partial charge in [0.05, 0.1) is 0 Å². The molecule has 0 heterocycles. The maximum Gasteiger partial charge on any atom is 0.321 e. The highest BCUT2D eigenvalue weighted by Gasteiger charge is 2.18. The van der Waals surface area contributed by atoms with Gasteiger partial charge in [0.1, 0.15) is 5.25 Å². The molecule has 1 atom stereocenters. The van der Waals surface area contributed by atoms with Crippen LogP contribution in [-0.2, 0) is 17.6 Å². The molecule has 0 saturated heterocycles. The van der Waals surface area contributed by atoms with Crippen molar-refractivity contribution >= 4 is 29.4 Å². The lowest BCUT2D eigenvalue weighted by atomic mass is 10.0. The number of nitrogens with zero attached hydrogens (tertiary/aromatic N) is 1. The van der Waals surface area contributed by atoms with Crippen molar-refractivity contribution in [3.8, 4) is 0 Å². The predicted octanol–water partition coefficient (Wildman–Crippen LogP) is 7.61. The number of carboxylic acids is 1. The summed E-state index contributed by atoms with van der Waals surface area (Å²) in [5.74, 6) is 0.485. The van der Waals surface area contributed by atoms with Crippen LogP contribution in [0.1, 0.15) is 82.4 Å². The summed E-state index contributed by atoms with van der Waals surface area (Å²) < 4.78 is 0. The fourth-order valence-corrected chi connectivity index (χ4v) is 4.97. The maximum atomic E-state index is 13.1. The third-order valence-electron chi connectivity index (χ3n) is 6.41. The van der Waals surface area contributed by atoms with Crippen molar-refractivity contribution in [2.45, 2.75) is 83.8 Å². The predicted molar refractivity (Wildman–Crippen MR) is 153 cm³/mol. The molecule has 2 rings (SSSR count). The van der Waals surface area contributed by atoms with E-state index in [9.17, 15) is 14.7 Å². The highest BCUT2D eigenvalue weighted by atomic mass is 32.2. The molecule has 0 radical (unpaired) electrons. The Bertz CT molecular complexity index is 913. The summed E-state index contributed by atoms with van der Waals surface area (Å²) in [6.45, 7) is 9.90. The second kappa shape index (κ2) is 16.3. The molecule has 0 bridgehead atoms. The maximum absolute atomic E-state index is 13.1. The molecule has 6 heteroatoms. The first kappa shape index (κ1) is 29.8. The summed E-state index contributed by atoms with van der Waals surface area (Å²) >= 11 is 1.47. The Morgan fingerprint density at radius 3 is 2.11 bits per heavy atom. The van der Waals surface area contributed by atoms with Gasteiger partial charge < -0.3 is 15.3 Å². The normalized spacial score (nSPS) is 11.9. The molecule has 0 aliphatic heterocycles. The van der Waals surface area contributed by atoms with Crippen LogP contribution in [-0.4, -0.2) is 46.1 Å². The number of carbonyl (C=O) groups excluding carboxylic acids is 1. The van der Waals surface area contributed by atoms with Crippen LogP contribution >= 0.6 is 11.8 Å². The van der Waals surface area contributed by atoms with Crippen molar-refractivity contribution in [1.29, 1.82) is 0 Å². The molecule has 0 fully saturated rings. The van der Waals surface area contributed by atoms with E-state index in [-0.39, 0.29) is 6.03 Å². The van der Waals surface area contributed by atoms with Gasteiger partial charge in [0.15, 0.2) is 0 Å². The monoisotopic (exact) mass is 512 g/mol. The molecule has 5 nitrogen and oxygen atoms in total. The molecular weight excluding hydrogens is 468 g/mol. The van der Waals surface area contributed by atoms with Gasteiger partial charge in [-0.1, -0.05) is 89.8 Å². The van der Waals surface area contributed by atoms with Crippen LogP contribution < -0.4 is 5.32 Å². The Hall–Kier alpha value is -2.47. The summed E-state index contributed by atoms with van der Waals surface area (Å²) in [5.41, 5.74) is 4.26. The SMILES string of the molecule is CCCCCCCN(CCc1ccc(CC(SCC)C(=O)O)cc1)C(=O)Nc1ccc(C(C)C)cc1. The third kappa shape index (κ3) is 10.7. The van der Waals surface area contributed by atoms with Crippen molar-refractivity contribution in [3.63, 3.8) is 0 Å². The first-order chi connectivity index (χ1) is 17.3. The van der Waals surface area contributed by atoms with E-state index in [2.05, 4.69) is 50.4 Å². The zero-order valence-electron chi connectivity index (χ0n) is 22.5. The van der Waals surface area contributed by atoms with E-state index in [1.807, 2.05) is 36.1 Å². The molecule has 198 valence electrons. The quantitative estimate of drug-likeness (QED) is 0.227. The molecule has 2 aromatic carbocycles. The Morgan fingerprint density at radius 1 is 0.889 bits per heavy atom. The fourth-order valence-electron chi connectivity index (χ4n) is 4.11. The van der Waals surface area contributed by atoms with Gasteiger partial charge in [-0.25, -0.2) is 4.79 Å². The van der Waals surface area contributed by atoms with Crippen LogP contribution in [0.25, 0.3) is 0 Å². The molecular formula is C30H44N2O3S. The Labute approximate surface area is 222 Å². The average Bonchev–Trinajstić information content (AvgIpc) is 2.86. The lowest BCUT2D eigenvalue weighted by Gasteiger charge is -2.23. The second-order valence-electron chi connectivity index (χ2n) is 9.66. The Balaban J connectivity index is 1.98. The van der Waals surface area contributed by atoms with Gasteiger partial charge in [-0.3, -0.25) is 4.79 Å². The van der Waals surface area contributed by atoms with Gasteiger partial charge in [-0.15, -0.1) is 11.8 Å². The lowest BCUT2D eigenvalue weighted by molar-refractivity contribution is -0.136. The van der Waals surface area contributed by atoms with E-state index >= 15 is 0 Å². The molecule has 2 amide bonds. The summed E-state index contributed by atoms with van der Waals surface area (Å²) in [5, 5.41) is 12.1. The smallest absolute Gasteiger partial charge is 0.321 e. The number of aliphatic carboxylic acids is 1. The van der Waals surface area contributed by atoms with Crippen LogP contribution in [0.2, 0.25) is 0 Å². The minimum atomic E-state index is -0.759. The van der Waals surface area contributed by atoms with Crippen LogP contribution in [0.15, 0.2) is 48.5 Å². The molecule has 0 aliphatic rings. The van der Waals surface area contributed by atoms with Gasteiger partial charge in [0.25, 0.3) is 0 Å². The summed E-state index contributed by atoms with van der Waals surface area (Å²) in [6, 6.07) is 16.2. The van der Waals surface area contributed by atoms with Crippen molar-refractivity contribution in [2.24, 2.45) is 0 Å². The standard InChI is InChI=1S/C30H44N2O3S/c1-5-7-8-9-10-20-32(30(35)31-27-17-15-26(16-18-27)23(3)4)21-19-24-11-13-25(14-12-24)22-28(29(33)34)36-6-2/h11-18,23,28H,5-10,19-22H2,1-4H3,(H,31,35)(H,33,34). The number of benzene rings is 2. The number of carbonyl (C=O) groups is 2. The second-order valence-corrected chi connectivity index (χ2v) is 11.1. The lowest BCUT2D eigenvalue weighted by Crippen LogP contribution is -2.37. The van der Waals surface area contributed by atoms with Gasteiger partial charge in [0, 0.05) is 18.8 Å². The number of hydrogen-bond acceptors (Lipinski definition) is 3. The Morgan fingerprint density at radius 2 is 1.53 bits per heavy atom. The first-order valence-electron chi connectivity index (χ1n) is 13.4. The van der Waals surface area contributed by atoms with Crippen LogP contribution in [0.4, 0.5) is 10.5 Å². The van der Waals surface area contributed by atoms with Gasteiger partial charge in [0.2, 0.25) is 0 Å². The van der Waals surface area contributed by atoms with Gasteiger partial charge in [-0.2, -0.15) is 0 Å².